The Hall–Kier alpha value is -0.960. The largest absolute Gasteiger partial charge is 0.256 e. The molecule has 0 saturated heterocycles. The summed E-state index contributed by atoms with van der Waals surface area (Å²) in [5.74, 6) is 0.388. The molecule has 0 radical (unpaired) electrons. The summed E-state index contributed by atoms with van der Waals surface area (Å²) < 4.78 is 28.7. The van der Waals surface area contributed by atoms with Gasteiger partial charge in [0.2, 0.25) is 10.0 Å². The molecule has 0 bridgehead atoms. The zero-order valence-electron chi connectivity index (χ0n) is 9.84. The van der Waals surface area contributed by atoms with Gasteiger partial charge in [0.15, 0.2) is 5.82 Å². The number of benzene rings is 1. The molecular formula is C10H10BrClN4O2S. The number of hydrogen-bond acceptors (Lipinski definition) is 4. The van der Waals surface area contributed by atoms with Crippen molar-refractivity contribution < 1.29 is 8.42 Å². The third-order valence-electron chi connectivity index (χ3n) is 2.25. The van der Waals surface area contributed by atoms with Gasteiger partial charge >= 0.3 is 0 Å². The highest BCUT2D eigenvalue weighted by Crippen LogP contribution is 2.25. The lowest BCUT2D eigenvalue weighted by Gasteiger charge is -2.07. The van der Waals surface area contributed by atoms with Crippen molar-refractivity contribution in [3.8, 4) is 0 Å². The Morgan fingerprint density at radius 1 is 1.47 bits per heavy atom. The average Bonchev–Trinajstić information content (AvgIpc) is 2.72. The molecule has 0 amide bonds. The summed E-state index contributed by atoms with van der Waals surface area (Å²) in [5.41, 5.74) is 0. The maximum atomic E-state index is 12.1. The van der Waals surface area contributed by atoms with Crippen LogP contribution in [0.1, 0.15) is 5.82 Å². The zero-order chi connectivity index (χ0) is 14.0. The molecule has 0 saturated carbocycles. The van der Waals surface area contributed by atoms with Crippen LogP contribution in [0.2, 0.25) is 5.02 Å². The van der Waals surface area contributed by atoms with Crippen LogP contribution < -0.4 is 4.72 Å². The van der Waals surface area contributed by atoms with Crippen molar-refractivity contribution >= 4 is 37.6 Å². The van der Waals surface area contributed by atoms with Crippen LogP contribution in [-0.2, 0) is 23.6 Å². The summed E-state index contributed by atoms with van der Waals surface area (Å²) >= 11 is 9.13. The Morgan fingerprint density at radius 2 is 2.21 bits per heavy atom. The molecule has 0 aliphatic carbocycles. The van der Waals surface area contributed by atoms with E-state index in [1.807, 2.05) is 0 Å². The molecule has 0 spiro atoms. The van der Waals surface area contributed by atoms with E-state index in [2.05, 4.69) is 30.7 Å². The zero-order valence-corrected chi connectivity index (χ0v) is 13.0. The van der Waals surface area contributed by atoms with Crippen LogP contribution in [0.25, 0.3) is 0 Å². The van der Waals surface area contributed by atoms with E-state index < -0.39 is 10.0 Å². The van der Waals surface area contributed by atoms with Crippen LogP contribution in [0.15, 0.2) is 33.9 Å². The molecular weight excluding hydrogens is 356 g/mol. The molecule has 9 heteroatoms. The van der Waals surface area contributed by atoms with Crippen LogP contribution in [0.3, 0.4) is 0 Å². The van der Waals surface area contributed by atoms with Gasteiger partial charge in [0.1, 0.15) is 11.2 Å². The van der Waals surface area contributed by atoms with Gasteiger partial charge in [0.05, 0.1) is 11.6 Å². The summed E-state index contributed by atoms with van der Waals surface area (Å²) in [5, 5.41) is 4.13. The topological polar surface area (TPSA) is 76.9 Å². The molecule has 0 fully saturated rings. The molecule has 6 nitrogen and oxygen atoms in total. The van der Waals surface area contributed by atoms with Crippen LogP contribution in [0.4, 0.5) is 0 Å². The first kappa shape index (κ1) is 14.4. The number of aromatic nitrogens is 3. The molecule has 0 aliphatic heterocycles. The van der Waals surface area contributed by atoms with Gasteiger partial charge in [0, 0.05) is 11.5 Å². The van der Waals surface area contributed by atoms with E-state index in [0.29, 0.717) is 10.3 Å². The van der Waals surface area contributed by atoms with Crippen molar-refractivity contribution in [2.75, 3.05) is 0 Å². The van der Waals surface area contributed by atoms with E-state index >= 15 is 0 Å². The standard InChI is InChI=1S/C10H10BrClN4O2S/c1-16-6-13-10(15-16)5-14-19(17,18)9-3-2-7(11)4-8(9)12/h2-4,6,14H,5H2,1H3. The molecule has 1 aromatic carbocycles. The van der Waals surface area contributed by atoms with Crippen LogP contribution in [0, 0.1) is 0 Å². The predicted molar refractivity (Wildman–Crippen MR) is 74.2 cm³/mol. The number of aryl methyl sites for hydroxylation is 1. The van der Waals surface area contributed by atoms with Crippen molar-refractivity contribution in [1.82, 2.24) is 19.5 Å². The minimum atomic E-state index is -3.69. The van der Waals surface area contributed by atoms with E-state index in [0.717, 1.165) is 0 Å². The van der Waals surface area contributed by atoms with E-state index in [-0.39, 0.29) is 16.5 Å². The van der Waals surface area contributed by atoms with Crippen molar-refractivity contribution in [3.05, 3.63) is 39.8 Å². The third kappa shape index (κ3) is 3.53. The van der Waals surface area contributed by atoms with E-state index in [1.165, 1.54) is 23.1 Å². The van der Waals surface area contributed by atoms with Gasteiger partial charge in [-0.05, 0) is 18.2 Å². The molecule has 1 heterocycles. The van der Waals surface area contributed by atoms with Crippen molar-refractivity contribution in [2.45, 2.75) is 11.4 Å². The Labute approximate surface area is 124 Å². The van der Waals surface area contributed by atoms with Crippen molar-refractivity contribution in [1.29, 1.82) is 0 Å². The first-order valence-electron chi connectivity index (χ1n) is 5.18. The lowest BCUT2D eigenvalue weighted by molar-refractivity contribution is 0.578. The van der Waals surface area contributed by atoms with Crippen LogP contribution >= 0.6 is 27.5 Å². The molecule has 0 atom stereocenters. The second kappa shape index (κ2) is 5.58. The van der Waals surface area contributed by atoms with Gasteiger partial charge in [-0.1, -0.05) is 27.5 Å². The minimum Gasteiger partial charge on any atom is -0.256 e. The summed E-state index contributed by atoms with van der Waals surface area (Å²) in [4.78, 5) is 3.96. The van der Waals surface area contributed by atoms with Crippen molar-refractivity contribution in [2.24, 2.45) is 7.05 Å². The summed E-state index contributed by atoms with van der Waals surface area (Å²) in [6, 6.07) is 4.56. The van der Waals surface area contributed by atoms with Crippen LogP contribution in [-0.4, -0.2) is 23.2 Å². The Kier molecular flexibility index (Phi) is 4.24. The smallest absolute Gasteiger partial charge is 0.242 e. The van der Waals surface area contributed by atoms with Gasteiger partial charge in [-0.2, -0.15) is 5.10 Å². The molecule has 2 aromatic rings. The first-order valence-corrected chi connectivity index (χ1v) is 7.83. The molecule has 102 valence electrons. The number of nitrogens with one attached hydrogen (secondary N) is 1. The maximum absolute atomic E-state index is 12.1. The number of sulfonamides is 1. The predicted octanol–water partition coefficient (Wildman–Crippen LogP) is 1.71. The van der Waals surface area contributed by atoms with Crippen LogP contribution in [0.5, 0.6) is 0 Å². The van der Waals surface area contributed by atoms with Gasteiger partial charge in [-0.15, -0.1) is 0 Å². The maximum Gasteiger partial charge on any atom is 0.242 e. The minimum absolute atomic E-state index is 0.00949. The van der Waals surface area contributed by atoms with Crippen molar-refractivity contribution in [3.63, 3.8) is 0 Å². The first-order chi connectivity index (χ1) is 8.88. The fraction of sp³-hybridized carbons (Fsp3) is 0.200. The number of halogens is 2. The monoisotopic (exact) mass is 364 g/mol. The Morgan fingerprint density at radius 3 is 2.79 bits per heavy atom. The highest BCUT2D eigenvalue weighted by atomic mass is 79.9. The summed E-state index contributed by atoms with van der Waals surface area (Å²) in [6.07, 6.45) is 1.50. The molecule has 1 aromatic heterocycles. The lowest BCUT2D eigenvalue weighted by atomic mass is 10.4. The fourth-order valence-corrected chi connectivity index (χ4v) is 3.41. The second-order valence-electron chi connectivity index (χ2n) is 3.73. The van der Waals surface area contributed by atoms with Gasteiger partial charge in [0.25, 0.3) is 0 Å². The third-order valence-corrected chi connectivity index (χ3v) is 4.63. The number of rotatable bonds is 4. The molecule has 19 heavy (non-hydrogen) atoms. The molecule has 0 aliphatic rings. The molecule has 0 unspecified atom stereocenters. The lowest BCUT2D eigenvalue weighted by Crippen LogP contribution is -2.24. The Bertz CT molecular complexity index is 701. The van der Waals surface area contributed by atoms with Gasteiger partial charge < -0.3 is 0 Å². The molecule has 1 N–H and O–H groups in total. The quantitative estimate of drug-likeness (QED) is 0.895. The highest BCUT2D eigenvalue weighted by molar-refractivity contribution is 9.10. The second-order valence-corrected chi connectivity index (χ2v) is 6.79. The molecule has 2 rings (SSSR count). The Balaban J connectivity index is 2.18. The average molecular weight is 366 g/mol. The van der Waals surface area contributed by atoms with E-state index in [1.54, 1.807) is 13.1 Å². The van der Waals surface area contributed by atoms with E-state index in [4.69, 9.17) is 11.6 Å². The SMILES string of the molecule is Cn1cnc(CNS(=O)(=O)c2ccc(Br)cc2Cl)n1. The highest BCUT2D eigenvalue weighted by Gasteiger charge is 2.18. The van der Waals surface area contributed by atoms with Gasteiger partial charge in [-0.25, -0.2) is 18.1 Å². The normalized spacial score (nSPS) is 11.7. The van der Waals surface area contributed by atoms with Gasteiger partial charge in [-0.3, -0.25) is 4.68 Å². The number of nitrogens with zero attached hydrogens (tertiary/aromatic N) is 3. The fourth-order valence-electron chi connectivity index (χ4n) is 1.40. The summed E-state index contributed by atoms with van der Waals surface area (Å²) in [6.45, 7) is 0.00949. The van der Waals surface area contributed by atoms with E-state index in [9.17, 15) is 8.42 Å². The summed E-state index contributed by atoms with van der Waals surface area (Å²) in [7, 11) is -1.98. The number of hydrogen-bond donors (Lipinski definition) is 1.